The highest BCUT2D eigenvalue weighted by molar-refractivity contribution is 7.71. The van der Waals surface area contributed by atoms with Gasteiger partial charge in [-0.15, -0.1) is 0 Å². The molecule has 4 aromatic rings. The Morgan fingerprint density at radius 1 is 1.10 bits per heavy atom. The smallest absolute Gasteiger partial charge is 0.214 e. The van der Waals surface area contributed by atoms with E-state index in [1.165, 1.54) is 0 Å². The van der Waals surface area contributed by atoms with Crippen molar-refractivity contribution in [3.05, 3.63) is 87.4 Å². The molecule has 0 bridgehead atoms. The zero-order chi connectivity index (χ0) is 20.9. The van der Waals surface area contributed by atoms with Crippen LogP contribution in [0.5, 0.6) is 5.75 Å². The first-order chi connectivity index (χ1) is 14.7. The largest absolute Gasteiger partial charge is 0.489 e. The van der Waals surface area contributed by atoms with Crippen molar-refractivity contribution in [2.24, 2.45) is 0 Å². The molecular weight excluding hydrogens is 416 g/mol. The number of benzene rings is 3. The lowest BCUT2D eigenvalue weighted by atomic mass is 10.0. The lowest BCUT2D eigenvalue weighted by Gasteiger charge is -2.16. The van der Waals surface area contributed by atoms with Crippen LogP contribution in [0.1, 0.15) is 30.3 Å². The second-order valence-electron chi connectivity index (χ2n) is 7.04. The van der Waals surface area contributed by atoms with E-state index in [0.29, 0.717) is 22.9 Å². The molecule has 0 aliphatic heterocycles. The van der Waals surface area contributed by atoms with Gasteiger partial charge in [-0.1, -0.05) is 61.0 Å². The van der Waals surface area contributed by atoms with E-state index in [1.54, 1.807) is 0 Å². The van der Waals surface area contributed by atoms with E-state index in [9.17, 15) is 0 Å². The molecule has 154 valence electrons. The van der Waals surface area contributed by atoms with Crippen LogP contribution in [0, 0.1) is 4.77 Å². The Morgan fingerprint density at radius 3 is 2.70 bits per heavy atom. The molecule has 0 saturated carbocycles. The van der Waals surface area contributed by atoms with Gasteiger partial charge in [-0.3, -0.25) is 5.10 Å². The molecule has 0 radical (unpaired) electrons. The summed E-state index contributed by atoms with van der Waals surface area (Å²) in [4.78, 5) is 0. The molecule has 0 fully saturated rings. The number of nitrogens with zero attached hydrogens (tertiary/aromatic N) is 2. The van der Waals surface area contributed by atoms with Crippen molar-refractivity contribution in [1.29, 1.82) is 0 Å². The highest BCUT2D eigenvalue weighted by atomic mass is 35.5. The number of aromatic nitrogens is 3. The summed E-state index contributed by atoms with van der Waals surface area (Å²) in [6.07, 6.45) is 1.83. The summed E-state index contributed by atoms with van der Waals surface area (Å²) in [5, 5.41) is 10.2. The molecule has 30 heavy (non-hydrogen) atoms. The van der Waals surface area contributed by atoms with Gasteiger partial charge in [0.25, 0.3) is 0 Å². The van der Waals surface area contributed by atoms with Crippen molar-refractivity contribution in [3.63, 3.8) is 0 Å². The van der Waals surface area contributed by atoms with Gasteiger partial charge in [0.1, 0.15) is 12.4 Å². The monoisotopic (exact) mass is 438 g/mol. The van der Waals surface area contributed by atoms with E-state index < -0.39 is 0 Å². The van der Waals surface area contributed by atoms with Gasteiger partial charge in [-0.2, -0.15) is 5.10 Å². The average Bonchev–Trinajstić information content (AvgIpc) is 3.11. The summed E-state index contributed by atoms with van der Waals surface area (Å²) in [6, 6.07) is 20.1. The molecule has 4 rings (SSSR count). The normalized spacial score (nSPS) is 11.0. The van der Waals surface area contributed by atoms with Gasteiger partial charge < -0.3 is 10.2 Å². The van der Waals surface area contributed by atoms with Crippen molar-refractivity contribution in [1.82, 2.24) is 14.9 Å². The van der Waals surface area contributed by atoms with Crippen LogP contribution < -0.4 is 10.2 Å². The fourth-order valence-corrected chi connectivity index (χ4v) is 3.76. The molecule has 3 aromatic carbocycles. The first-order valence-electron chi connectivity index (χ1n) is 9.93. The molecule has 7 heteroatoms. The Bertz CT molecular complexity index is 1200. The Morgan fingerprint density at radius 2 is 1.90 bits per heavy atom. The van der Waals surface area contributed by atoms with Crippen molar-refractivity contribution in [3.8, 4) is 5.75 Å². The number of halogens is 1. The summed E-state index contributed by atoms with van der Waals surface area (Å²) < 4.78 is 8.62. The third-order valence-corrected chi connectivity index (χ3v) is 5.46. The predicted molar refractivity (Wildman–Crippen MR) is 124 cm³/mol. The number of hydrogen-bond acceptors (Lipinski definition) is 4. The first kappa shape index (κ1) is 20.4. The second-order valence-corrected chi connectivity index (χ2v) is 7.87. The van der Waals surface area contributed by atoms with Gasteiger partial charge in [0.2, 0.25) is 4.77 Å². The number of nitrogens with one attached hydrogen (secondary N) is 2. The van der Waals surface area contributed by atoms with Gasteiger partial charge in [0.15, 0.2) is 5.82 Å². The van der Waals surface area contributed by atoms with E-state index in [-0.39, 0.29) is 0 Å². The summed E-state index contributed by atoms with van der Waals surface area (Å²) in [5.41, 5.74) is 5.56. The number of rotatable bonds is 8. The number of aryl methyl sites for hydroxylation is 1. The highest BCUT2D eigenvalue weighted by Gasteiger charge is 2.11. The topological polar surface area (TPSA) is 54.9 Å². The maximum atomic E-state index is 6.21. The number of ether oxygens (including phenoxy) is 1. The maximum Gasteiger partial charge on any atom is 0.214 e. The van der Waals surface area contributed by atoms with Crippen LogP contribution >= 0.6 is 23.8 Å². The van der Waals surface area contributed by atoms with Crippen molar-refractivity contribution < 1.29 is 4.74 Å². The van der Waals surface area contributed by atoms with E-state index in [4.69, 9.17) is 28.6 Å². The Kier molecular flexibility index (Phi) is 6.35. The van der Waals surface area contributed by atoms with E-state index in [1.807, 2.05) is 47.1 Å². The minimum atomic E-state index is 0.467. The number of hydrogen-bond donors (Lipinski definition) is 2. The van der Waals surface area contributed by atoms with Gasteiger partial charge in [0, 0.05) is 17.0 Å². The van der Waals surface area contributed by atoms with Crippen LogP contribution in [0.4, 0.5) is 0 Å². The molecule has 0 atom stereocenters. The summed E-state index contributed by atoms with van der Waals surface area (Å²) >= 11 is 11.4. The first-order valence-corrected chi connectivity index (χ1v) is 10.7. The lowest BCUT2D eigenvalue weighted by molar-refractivity contribution is 0.303. The van der Waals surface area contributed by atoms with Crippen molar-refractivity contribution in [2.45, 2.75) is 32.9 Å². The Hall–Kier alpha value is -2.83. The molecule has 0 unspecified atom stereocenters. The lowest BCUT2D eigenvalue weighted by Crippen LogP contribution is -2.18. The second kappa shape index (κ2) is 9.32. The van der Waals surface area contributed by atoms with E-state index in [2.05, 4.69) is 40.7 Å². The number of H-pyrrole nitrogens is 1. The standard InChI is InChI=1S/C23H23ClN4OS/c1-2-5-22-26-27-23(30)28(22)25-14-20-19-7-4-3-6-17(19)10-13-21(20)29-15-16-8-11-18(24)12-9-16/h3-4,6-13,25H,2,5,14-15H2,1H3,(H,27,30). The minimum absolute atomic E-state index is 0.467. The molecule has 0 aliphatic carbocycles. The van der Waals surface area contributed by atoms with Crippen LogP contribution in [0.25, 0.3) is 10.8 Å². The van der Waals surface area contributed by atoms with Gasteiger partial charge in [-0.05, 0) is 53.2 Å². The SMILES string of the molecule is CCCc1n[nH]c(=S)n1NCc1c(OCc2ccc(Cl)cc2)ccc2ccccc12. The van der Waals surface area contributed by atoms with Gasteiger partial charge >= 0.3 is 0 Å². The molecule has 0 aliphatic rings. The molecule has 1 aromatic heterocycles. The Balaban J connectivity index is 1.63. The van der Waals surface area contributed by atoms with Gasteiger partial charge in [-0.25, -0.2) is 4.68 Å². The van der Waals surface area contributed by atoms with Crippen LogP contribution in [-0.4, -0.2) is 14.9 Å². The van der Waals surface area contributed by atoms with Crippen LogP contribution in [0.2, 0.25) is 5.02 Å². The quantitative estimate of drug-likeness (QED) is 0.330. The number of fused-ring (bicyclic) bond motifs is 1. The summed E-state index contributed by atoms with van der Waals surface area (Å²) in [7, 11) is 0. The van der Waals surface area contributed by atoms with E-state index >= 15 is 0 Å². The fraction of sp³-hybridized carbons (Fsp3) is 0.217. The average molecular weight is 439 g/mol. The van der Waals surface area contributed by atoms with Crippen molar-refractivity contribution >= 4 is 34.6 Å². The molecule has 0 saturated heterocycles. The minimum Gasteiger partial charge on any atom is -0.489 e. The highest BCUT2D eigenvalue weighted by Crippen LogP contribution is 2.29. The maximum absolute atomic E-state index is 6.21. The van der Waals surface area contributed by atoms with E-state index in [0.717, 1.165) is 46.3 Å². The van der Waals surface area contributed by atoms with Crippen molar-refractivity contribution in [2.75, 3.05) is 5.43 Å². The summed E-state index contributed by atoms with van der Waals surface area (Å²) in [6.45, 7) is 3.14. The fourth-order valence-electron chi connectivity index (χ4n) is 3.42. The summed E-state index contributed by atoms with van der Waals surface area (Å²) in [5.74, 6) is 1.73. The predicted octanol–water partition coefficient (Wildman–Crippen LogP) is 6.02. The molecule has 1 heterocycles. The third-order valence-electron chi connectivity index (χ3n) is 4.93. The molecule has 0 spiro atoms. The Labute approximate surface area is 185 Å². The molecular formula is C23H23ClN4OS. The third kappa shape index (κ3) is 4.50. The number of aromatic amines is 1. The molecule has 2 N–H and O–H groups in total. The zero-order valence-electron chi connectivity index (χ0n) is 16.7. The molecule has 5 nitrogen and oxygen atoms in total. The van der Waals surface area contributed by atoms with Crippen LogP contribution in [-0.2, 0) is 19.6 Å². The zero-order valence-corrected chi connectivity index (χ0v) is 18.3. The van der Waals surface area contributed by atoms with Gasteiger partial charge in [0.05, 0.1) is 6.54 Å². The van der Waals surface area contributed by atoms with Crippen LogP contribution in [0.15, 0.2) is 60.7 Å². The van der Waals surface area contributed by atoms with Crippen LogP contribution in [0.3, 0.4) is 0 Å². The molecule has 0 amide bonds.